The van der Waals surface area contributed by atoms with Crippen LogP contribution in [0, 0.1) is 5.82 Å². The molecule has 1 aromatic heterocycles. The monoisotopic (exact) mass is 387 g/mol. The third-order valence-electron chi connectivity index (χ3n) is 2.64. The van der Waals surface area contributed by atoms with Crippen molar-refractivity contribution in [3.8, 4) is 0 Å². The first-order valence-corrected chi connectivity index (χ1v) is 7.26. The van der Waals surface area contributed by atoms with Crippen LogP contribution in [0.15, 0.2) is 28.7 Å². The molecule has 0 amide bonds. The van der Waals surface area contributed by atoms with E-state index in [4.69, 9.17) is 17.3 Å². The molecule has 108 valence electrons. The Bertz CT molecular complexity index is 621. The second-order valence-electron chi connectivity index (χ2n) is 3.95. The Kier molecular flexibility index (Phi) is 4.44. The fourth-order valence-corrected chi connectivity index (χ4v) is 3.44. The summed E-state index contributed by atoms with van der Waals surface area (Å²) in [4.78, 5) is 0.472. The van der Waals surface area contributed by atoms with Gasteiger partial charge >= 0.3 is 6.18 Å². The average molecular weight is 389 g/mol. The van der Waals surface area contributed by atoms with Gasteiger partial charge in [0.15, 0.2) is 0 Å². The van der Waals surface area contributed by atoms with Crippen LogP contribution in [0.25, 0.3) is 0 Å². The van der Waals surface area contributed by atoms with E-state index in [0.717, 1.165) is 17.4 Å². The fraction of sp³-hybridized carbons (Fsp3) is 0.167. The molecule has 0 spiro atoms. The summed E-state index contributed by atoms with van der Waals surface area (Å²) >= 11 is 10.1. The van der Waals surface area contributed by atoms with Gasteiger partial charge in [-0.3, -0.25) is 0 Å². The predicted octanol–water partition coefficient (Wildman–Crippen LogP) is 5.37. The van der Waals surface area contributed by atoms with E-state index in [0.29, 0.717) is 19.8 Å². The maximum Gasteiger partial charge on any atom is 0.419 e. The first-order valence-electron chi connectivity index (χ1n) is 5.27. The first kappa shape index (κ1) is 15.8. The number of thiophene rings is 1. The molecule has 0 fully saturated rings. The molecule has 1 unspecified atom stereocenters. The predicted molar refractivity (Wildman–Crippen MR) is 74.5 cm³/mol. The largest absolute Gasteiger partial charge is 0.419 e. The van der Waals surface area contributed by atoms with Crippen molar-refractivity contribution in [3.63, 3.8) is 0 Å². The minimum Gasteiger partial charge on any atom is -0.320 e. The van der Waals surface area contributed by atoms with E-state index in [1.807, 2.05) is 0 Å². The van der Waals surface area contributed by atoms with Crippen LogP contribution in [-0.2, 0) is 6.18 Å². The number of alkyl halides is 3. The van der Waals surface area contributed by atoms with Crippen LogP contribution in [0.5, 0.6) is 0 Å². The van der Waals surface area contributed by atoms with Gasteiger partial charge in [-0.15, -0.1) is 11.3 Å². The highest BCUT2D eigenvalue weighted by atomic mass is 79.9. The topological polar surface area (TPSA) is 26.0 Å². The Labute approximate surface area is 129 Å². The van der Waals surface area contributed by atoms with Crippen molar-refractivity contribution in [1.82, 2.24) is 0 Å². The minimum absolute atomic E-state index is 0.217. The van der Waals surface area contributed by atoms with Crippen molar-refractivity contribution in [2.45, 2.75) is 12.2 Å². The van der Waals surface area contributed by atoms with Crippen LogP contribution in [-0.4, -0.2) is 0 Å². The lowest BCUT2D eigenvalue weighted by molar-refractivity contribution is -0.140. The zero-order chi connectivity index (χ0) is 15.1. The van der Waals surface area contributed by atoms with Gasteiger partial charge in [-0.05, 0) is 28.1 Å². The van der Waals surface area contributed by atoms with Crippen LogP contribution < -0.4 is 5.73 Å². The normalized spacial score (nSPS) is 13.6. The van der Waals surface area contributed by atoms with Crippen LogP contribution in [0.4, 0.5) is 17.6 Å². The zero-order valence-electron chi connectivity index (χ0n) is 9.64. The van der Waals surface area contributed by atoms with Crippen molar-refractivity contribution >= 4 is 38.9 Å². The summed E-state index contributed by atoms with van der Waals surface area (Å²) in [5, 5.41) is 0. The molecule has 0 aliphatic rings. The Morgan fingerprint density at radius 3 is 2.45 bits per heavy atom. The molecular weight excluding hydrogens is 382 g/mol. The number of nitrogens with two attached hydrogens (primary N) is 1. The smallest absolute Gasteiger partial charge is 0.320 e. The van der Waals surface area contributed by atoms with Gasteiger partial charge in [-0.1, -0.05) is 23.7 Å². The quantitative estimate of drug-likeness (QED) is 0.688. The summed E-state index contributed by atoms with van der Waals surface area (Å²) < 4.78 is 52.9. The van der Waals surface area contributed by atoms with Crippen molar-refractivity contribution in [2.75, 3.05) is 0 Å². The summed E-state index contributed by atoms with van der Waals surface area (Å²) in [6.45, 7) is 0. The molecule has 0 saturated carbocycles. The van der Waals surface area contributed by atoms with Crippen molar-refractivity contribution < 1.29 is 17.6 Å². The van der Waals surface area contributed by atoms with E-state index in [-0.39, 0.29) is 5.56 Å². The molecule has 0 aliphatic carbocycles. The molecule has 0 aliphatic heterocycles. The third kappa shape index (κ3) is 3.00. The van der Waals surface area contributed by atoms with Gasteiger partial charge < -0.3 is 5.73 Å². The van der Waals surface area contributed by atoms with E-state index in [1.165, 1.54) is 6.07 Å². The van der Waals surface area contributed by atoms with Crippen molar-refractivity contribution in [1.29, 1.82) is 0 Å². The molecule has 0 radical (unpaired) electrons. The Hall–Kier alpha value is -0.630. The molecule has 2 aromatic rings. The Balaban J connectivity index is 2.48. The molecule has 2 rings (SSSR count). The second-order valence-corrected chi connectivity index (χ2v) is 6.49. The van der Waals surface area contributed by atoms with E-state index >= 15 is 0 Å². The molecule has 1 heterocycles. The number of rotatable bonds is 2. The molecule has 8 heteroatoms. The summed E-state index contributed by atoms with van der Waals surface area (Å²) in [5.41, 5.74) is 4.29. The SMILES string of the molecule is NC(c1cc(Br)c(Cl)s1)c1cccc(C(F)(F)F)c1F. The molecule has 1 nitrogen and oxygen atoms in total. The maximum absolute atomic E-state index is 14.0. The molecule has 1 atom stereocenters. The van der Waals surface area contributed by atoms with E-state index in [1.54, 1.807) is 6.07 Å². The van der Waals surface area contributed by atoms with Gasteiger partial charge in [-0.25, -0.2) is 4.39 Å². The van der Waals surface area contributed by atoms with Gasteiger partial charge in [0.1, 0.15) is 10.2 Å². The van der Waals surface area contributed by atoms with Gasteiger partial charge in [-0.2, -0.15) is 13.2 Å². The van der Waals surface area contributed by atoms with Crippen LogP contribution >= 0.6 is 38.9 Å². The minimum atomic E-state index is -4.76. The molecule has 0 bridgehead atoms. The number of hydrogen-bond donors (Lipinski definition) is 1. The van der Waals surface area contributed by atoms with Crippen molar-refractivity contribution in [3.05, 3.63) is 54.9 Å². The zero-order valence-corrected chi connectivity index (χ0v) is 12.8. The van der Waals surface area contributed by atoms with Crippen LogP contribution in [0.1, 0.15) is 22.0 Å². The maximum atomic E-state index is 14.0. The van der Waals surface area contributed by atoms with E-state index in [2.05, 4.69) is 15.9 Å². The fourth-order valence-electron chi connectivity index (χ4n) is 1.68. The highest BCUT2D eigenvalue weighted by molar-refractivity contribution is 9.10. The summed E-state index contributed by atoms with van der Waals surface area (Å²) in [6.07, 6.45) is -4.76. The number of halogens is 6. The standard InChI is InChI=1S/C12H7BrClF4NS/c13-7-4-8(20-11(7)14)10(19)5-2-1-3-6(9(5)15)12(16,17)18/h1-4,10H,19H2. The van der Waals surface area contributed by atoms with Crippen LogP contribution in [0.2, 0.25) is 4.34 Å². The molecule has 2 N–H and O–H groups in total. The average Bonchev–Trinajstić information content (AvgIpc) is 2.67. The van der Waals surface area contributed by atoms with Gasteiger partial charge in [0.2, 0.25) is 0 Å². The van der Waals surface area contributed by atoms with Gasteiger partial charge in [0.05, 0.1) is 11.6 Å². The molecule has 0 saturated heterocycles. The van der Waals surface area contributed by atoms with Crippen molar-refractivity contribution in [2.24, 2.45) is 5.73 Å². The molecule has 1 aromatic carbocycles. The molecular formula is C12H7BrClF4NS. The van der Waals surface area contributed by atoms with E-state index < -0.39 is 23.6 Å². The summed E-state index contributed by atoms with van der Waals surface area (Å²) in [5.74, 6) is -1.35. The Morgan fingerprint density at radius 2 is 1.95 bits per heavy atom. The lowest BCUT2D eigenvalue weighted by atomic mass is 10.0. The summed E-state index contributed by atoms with van der Waals surface area (Å²) in [7, 11) is 0. The van der Waals surface area contributed by atoms with Crippen LogP contribution in [0.3, 0.4) is 0 Å². The van der Waals surface area contributed by atoms with Gasteiger partial charge in [0, 0.05) is 14.9 Å². The highest BCUT2D eigenvalue weighted by Crippen LogP contribution is 2.39. The lowest BCUT2D eigenvalue weighted by Gasteiger charge is -2.15. The Morgan fingerprint density at radius 1 is 1.30 bits per heavy atom. The van der Waals surface area contributed by atoms with E-state index in [9.17, 15) is 17.6 Å². The first-order chi connectivity index (χ1) is 9.21. The second kappa shape index (κ2) is 5.63. The highest BCUT2D eigenvalue weighted by Gasteiger charge is 2.35. The van der Waals surface area contributed by atoms with Gasteiger partial charge in [0.25, 0.3) is 0 Å². The number of hydrogen-bond acceptors (Lipinski definition) is 2. The summed E-state index contributed by atoms with van der Waals surface area (Å²) in [6, 6.07) is 3.61. The third-order valence-corrected chi connectivity index (χ3v) is 5.20. The molecule has 20 heavy (non-hydrogen) atoms. The number of benzene rings is 1. The lowest BCUT2D eigenvalue weighted by Crippen LogP contribution is -2.16.